The van der Waals surface area contributed by atoms with Crippen molar-refractivity contribution >= 4 is 17.4 Å². The molecular weight excluding hydrogens is 174 g/mol. The third kappa shape index (κ3) is 2.19. The van der Waals surface area contributed by atoms with Crippen LogP contribution in [-0.4, -0.2) is 11.8 Å². The summed E-state index contributed by atoms with van der Waals surface area (Å²) in [6, 6.07) is -0.418. The molecule has 0 radical (unpaired) electrons. The van der Waals surface area contributed by atoms with Crippen molar-refractivity contribution in [2.75, 3.05) is 0 Å². The number of hydrogen-bond acceptors (Lipinski definition) is 2. The molecule has 0 bridgehead atoms. The van der Waals surface area contributed by atoms with Gasteiger partial charge in [0.2, 0.25) is 0 Å². The van der Waals surface area contributed by atoms with Gasteiger partial charge in [0, 0.05) is 5.03 Å². The second-order valence-corrected chi connectivity index (χ2v) is 3.39. The zero-order valence-corrected chi connectivity index (χ0v) is 7.77. The lowest BCUT2D eigenvalue weighted by Crippen LogP contribution is -2.28. The Morgan fingerprint density at radius 3 is 2.92 bits per heavy atom. The molecule has 1 atom stereocenters. The minimum atomic E-state index is -0.418. The van der Waals surface area contributed by atoms with E-state index < -0.39 is 6.04 Å². The molecule has 66 valence electrons. The van der Waals surface area contributed by atoms with Crippen LogP contribution in [0.5, 0.6) is 0 Å². The zero-order valence-electron chi connectivity index (χ0n) is 7.01. The van der Waals surface area contributed by atoms with Gasteiger partial charge >= 0.3 is 0 Å². The molecule has 0 aromatic carbocycles. The summed E-state index contributed by atoms with van der Waals surface area (Å²) in [4.78, 5) is 11.4. The molecule has 2 nitrogen and oxygen atoms in total. The minimum Gasteiger partial charge on any atom is -0.321 e. The van der Waals surface area contributed by atoms with Gasteiger partial charge in [0.1, 0.15) is 0 Å². The number of allylic oxidation sites excluding steroid dienone is 3. The SMILES string of the molecule is C[C@@H](N)C(=O)C1=CC(Cl)=CCC1. The van der Waals surface area contributed by atoms with E-state index in [0.717, 1.165) is 18.4 Å². The quantitative estimate of drug-likeness (QED) is 0.712. The molecule has 0 fully saturated rings. The van der Waals surface area contributed by atoms with Crippen LogP contribution in [0, 0.1) is 0 Å². The first-order valence-electron chi connectivity index (χ1n) is 3.97. The Morgan fingerprint density at radius 1 is 1.75 bits per heavy atom. The summed E-state index contributed by atoms with van der Waals surface area (Å²) in [5.41, 5.74) is 6.21. The first-order chi connectivity index (χ1) is 5.61. The number of carbonyl (C=O) groups is 1. The van der Waals surface area contributed by atoms with E-state index in [9.17, 15) is 4.79 Å². The minimum absolute atomic E-state index is 0.00116. The van der Waals surface area contributed by atoms with Gasteiger partial charge in [-0.3, -0.25) is 4.79 Å². The molecule has 3 heteroatoms. The van der Waals surface area contributed by atoms with Crippen LogP contribution in [0.4, 0.5) is 0 Å². The fourth-order valence-electron chi connectivity index (χ4n) is 1.15. The molecule has 1 rings (SSSR count). The number of rotatable bonds is 2. The number of Topliss-reactive ketones (excluding diaryl/α,β-unsaturated/α-hetero) is 1. The predicted octanol–water partition coefficient (Wildman–Crippen LogP) is 1.75. The fourth-order valence-corrected chi connectivity index (χ4v) is 1.39. The molecule has 0 amide bonds. The Morgan fingerprint density at radius 2 is 2.42 bits per heavy atom. The topological polar surface area (TPSA) is 43.1 Å². The van der Waals surface area contributed by atoms with Crippen LogP contribution in [0.25, 0.3) is 0 Å². The van der Waals surface area contributed by atoms with E-state index >= 15 is 0 Å². The molecule has 12 heavy (non-hydrogen) atoms. The summed E-state index contributed by atoms with van der Waals surface area (Å²) in [5.74, 6) is 0.00116. The van der Waals surface area contributed by atoms with Crippen molar-refractivity contribution in [1.82, 2.24) is 0 Å². The highest BCUT2D eigenvalue weighted by atomic mass is 35.5. The van der Waals surface area contributed by atoms with Crippen LogP contribution in [0.1, 0.15) is 19.8 Å². The van der Waals surface area contributed by atoms with Crippen molar-refractivity contribution in [2.45, 2.75) is 25.8 Å². The van der Waals surface area contributed by atoms with E-state index in [-0.39, 0.29) is 5.78 Å². The third-order valence-corrected chi connectivity index (χ3v) is 2.06. The van der Waals surface area contributed by atoms with Gasteiger partial charge in [-0.15, -0.1) is 0 Å². The molecule has 0 aromatic rings. The van der Waals surface area contributed by atoms with Crippen LogP contribution in [0.3, 0.4) is 0 Å². The maximum absolute atomic E-state index is 11.4. The van der Waals surface area contributed by atoms with Crippen LogP contribution < -0.4 is 5.73 Å². The molecular formula is C9H12ClNO. The van der Waals surface area contributed by atoms with Crippen LogP contribution in [0.15, 0.2) is 22.8 Å². The second kappa shape index (κ2) is 3.87. The smallest absolute Gasteiger partial charge is 0.175 e. The lowest BCUT2D eigenvalue weighted by molar-refractivity contribution is -0.116. The largest absolute Gasteiger partial charge is 0.321 e. The molecule has 0 heterocycles. The molecule has 0 unspecified atom stereocenters. The van der Waals surface area contributed by atoms with Gasteiger partial charge < -0.3 is 5.73 Å². The van der Waals surface area contributed by atoms with E-state index in [0.29, 0.717) is 5.03 Å². The van der Waals surface area contributed by atoms with Gasteiger partial charge in [0.25, 0.3) is 0 Å². The lowest BCUT2D eigenvalue weighted by Gasteiger charge is -2.11. The summed E-state index contributed by atoms with van der Waals surface area (Å²) in [7, 11) is 0. The van der Waals surface area contributed by atoms with Gasteiger partial charge in [-0.1, -0.05) is 17.7 Å². The van der Waals surface area contributed by atoms with Gasteiger partial charge in [-0.25, -0.2) is 0 Å². The Hall–Kier alpha value is -0.600. The molecule has 2 N–H and O–H groups in total. The maximum Gasteiger partial charge on any atom is 0.175 e. The molecule has 0 saturated heterocycles. The molecule has 1 aliphatic rings. The highest BCUT2D eigenvalue weighted by Gasteiger charge is 2.15. The number of nitrogens with two attached hydrogens (primary N) is 1. The Labute approximate surface area is 77.1 Å². The average Bonchev–Trinajstić information content (AvgIpc) is 2.03. The Balaban J connectivity index is 2.76. The van der Waals surface area contributed by atoms with Crippen molar-refractivity contribution < 1.29 is 4.79 Å². The standard InChI is InChI=1S/C9H12ClNO/c1-6(11)9(12)7-3-2-4-8(10)5-7/h4-6H,2-3,11H2,1H3/t6-/m1/s1. The third-order valence-electron chi connectivity index (χ3n) is 1.80. The van der Waals surface area contributed by atoms with E-state index in [1.165, 1.54) is 0 Å². The molecule has 0 saturated carbocycles. The highest BCUT2D eigenvalue weighted by molar-refractivity contribution is 6.31. The summed E-state index contributed by atoms with van der Waals surface area (Å²) in [6.07, 6.45) is 5.20. The average molecular weight is 186 g/mol. The number of carbonyl (C=O) groups excluding carboxylic acids is 1. The summed E-state index contributed by atoms with van der Waals surface area (Å²) in [6.45, 7) is 1.69. The van der Waals surface area contributed by atoms with Gasteiger partial charge in [0.15, 0.2) is 5.78 Å². The van der Waals surface area contributed by atoms with Gasteiger partial charge in [-0.2, -0.15) is 0 Å². The Bertz CT molecular complexity index is 253. The van der Waals surface area contributed by atoms with Crippen molar-refractivity contribution in [3.63, 3.8) is 0 Å². The zero-order chi connectivity index (χ0) is 9.14. The lowest BCUT2D eigenvalue weighted by atomic mass is 9.98. The van der Waals surface area contributed by atoms with Crippen LogP contribution >= 0.6 is 11.6 Å². The summed E-state index contributed by atoms with van der Waals surface area (Å²) < 4.78 is 0. The van der Waals surface area contributed by atoms with Crippen LogP contribution in [0.2, 0.25) is 0 Å². The van der Waals surface area contributed by atoms with E-state index in [2.05, 4.69) is 0 Å². The van der Waals surface area contributed by atoms with E-state index in [1.807, 2.05) is 6.08 Å². The maximum atomic E-state index is 11.4. The molecule has 0 aromatic heterocycles. The van der Waals surface area contributed by atoms with E-state index in [4.69, 9.17) is 17.3 Å². The second-order valence-electron chi connectivity index (χ2n) is 2.95. The number of halogens is 1. The van der Waals surface area contributed by atoms with Gasteiger partial charge in [-0.05, 0) is 31.4 Å². The normalized spacial score (nSPS) is 19.6. The predicted molar refractivity (Wildman–Crippen MR) is 49.9 cm³/mol. The highest BCUT2D eigenvalue weighted by Crippen LogP contribution is 2.20. The van der Waals surface area contributed by atoms with Crippen molar-refractivity contribution in [2.24, 2.45) is 5.73 Å². The first kappa shape index (κ1) is 9.49. The van der Waals surface area contributed by atoms with Crippen molar-refractivity contribution in [1.29, 1.82) is 0 Å². The van der Waals surface area contributed by atoms with Crippen molar-refractivity contribution in [3.05, 3.63) is 22.8 Å². The number of ketones is 1. The van der Waals surface area contributed by atoms with Gasteiger partial charge in [0.05, 0.1) is 6.04 Å². The molecule has 0 spiro atoms. The Kier molecular flexibility index (Phi) is 3.06. The fraction of sp³-hybridized carbons (Fsp3) is 0.444. The molecule has 0 aliphatic heterocycles. The monoisotopic (exact) mass is 185 g/mol. The van der Waals surface area contributed by atoms with Crippen LogP contribution in [-0.2, 0) is 4.79 Å². The summed E-state index contributed by atoms with van der Waals surface area (Å²) in [5, 5.41) is 0.644. The van der Waals surface area contributed by atoms with Crippen molar-refractivity contribution in [3.8, 4) is 0 Å². The number of hydrogen-bond donors (Lipinski definition) is 1. The van der Waals surface area contributed by atoms with E-state index in [1.54, 1.807) is 13.0 Å². The molecule has 1 aliphatic carbocycles. The first-order valence-corrected chi connectivity index (χ1v) is 4.35. The summed E-state index contributed by atoms with van der Waals surface area (Å²) >= 11 is 5.75.